The Kier molecular flexibility index (Phi) is 8.57. The average molecular weight is 419 g/mol. The molecule has 4 N–H and O–H groups in total. The van der Waals surface area contributed by atoms with Gasteiger partial charge in [0.05, 0.1) is 24.6 Å². The highest BCUT2D eigenvalue weighted by Crippen LogP contribution is 2.21. The maximum Gasteiger partial charge on any atom is 0.475 e. The average Bonchev–Trinajstić information content (AvgIpc) is 2.67. The number of nitrogens with one attached hydrogen (secondary N) is 2. The van der Waals surface area contributed by atoms with Crippen LogP contribution in [0.1, 0.15) is 48.8 Å². The lowest BCUT2D eigenvalue weighted by molar-refractivity contribution is -0.122. The molecule has 0 bridgehead atoms. The van der Waals surface area contributed by atoms with Crippen LogP contribution in [0.15, 0.2) is 42.9 Å². The topological polar surface area (TPSA) is 124 Å². The summed E-state index contributed by atoms with van der Waals surface area (Å²) in [5.74, 6) is -1.58. The summed E-state index contributed by atoms with van der Waals surface area (Å²) in [5, 5.41) is 24.9. The van der Waals surface area contributed by atoms with Gasteiger partial charge in [-0.1, -0.05) is 37.6 Å². The molecule has 2 aromatic rings. The summed E-state index contributed by atoms with van der Waals surface area (Å²) in [6, 6.07) is 6.11. The van der Waals surface area contributed by atoms with Crippen molar-refractivity contribution in [1.29, 1.82) is 0 Å². The summed E-state index contributed by atoms with van der Waals surface area (Å²) in [6.45, 7) is 3.83. The van der Waals surface area contributed by atoms with E-state index in [-0.39, 0.29) is 18.0 Å². The summed E-state index contributed by atoms with van der Waals surface area (Å²) in [6.07, 6.45) is 4.46. The molecule has 8 nitrogen and oxygen atoms in total. The van der Waals surface area contributed by atoms with Gasteiger partial charge in [-0.15, -0.1) is 0 Å². The van der Waals surface area contributed by atoms with E-state index in [1.165, 1.54) is 18.6 Å². The van der Waals surface area contributed by atoms with E-state index in [0.29, 0.717) is 17.0 Å². The van der Waals surface area contributed by atoms with Crippen molar-refractivity contribution >= 4 is 30.5 Å². The van der Waals surface area contributed by atoms with E-state index in [9.17, 15) is 19.6 Å². The second-order valence-electron chi connectivity index (χ2n) is 7.09. The fourth-order valence-electron chi connectivity index (χ4n) is 2.84. The first-order valence-electron chi connectivity index (χ1n) is 9.24. The van der Waals surface area contributed by atoms with E-state index in [2.05, 4.69) is 20.6 Å². The van der Waals surface area contributed by atoms with Crippen LogP contribution in [-0.2, 0) is 4.79 Å². The zero-order chi connectivity index (χ0) is 21.4. The Morgan fingerprint density at radius 1 is 1.21 bits per heavy atom. The summed E-state index contributed by atoms with van der Waals surface area (Å²) in [7, 11) is -1.68. The smallest absolute Gasteiger partial charge is 0.426 e. The highest BCUT2D eigenvalue weighted by Gasteiger charge is 2.28. The van der Waals surface area contributed by atoms with Crippen molar-refractivity contribution in [2.75, 3.05) is 0 Å². The van der Waals surface area contributed by atoms with Crippen LogP contribution >= 0.6 is 11.6 Å². The van der Waals surface area contributed by atoms with Gasteiger partial charge < -0.3 is 20.7 Å². The standard InChI is InChI=1S/C19H24BClN4O4/c1-12(2)8-17(20(28)29)25-18(26)10-15(13-4-3-5-14(21)9-13)24-19(27)16-11-22-6-7-23-16/h3-7,9,11-12,15,17,28-29H,8,10H2,1-2H3,(H,24,27)(H,25,26). The number of hydrogen-bond acceptors (Lipinski definition) is 6. The molecule has 0 saturated heterocycles. The van der Waals surface area contributed by atoms with Gasteiger partial charge in [0, 0.05) is 17.4 Å². The fraction of sp³-hybridized carbons (Fsp3) is 0.368. The molecule has 0 aliphatic heterocycles. The van der Waals surface area contributed by atoms with Crippen molar-refractivity contribution in [1.82, 2.24) is 20.6 Å². The van der Waals surface area contributed by atoms with Gasteiger partial charge in [-0.25, -0.2) is 4.98 Å². The summed E-state index contributed by atoms with van der Waals surface area (Å²) in [4.78, 5) is 32.9. The first-order valence-corrected chi connectivity index (χ1v) is 9.62. The first-order chi connectivity index (χ1) is 13.8. The fourth-order valence-corrected chi connectivity index (χ4v) is 3.04. The molecular weight excluding hydrogens is 394 g/mol. The first kappa shape index (κ1) is 22.8. The summed E-state index contributed by atoms with van der Waals surface area (Å²) in [5.41, 5.74) is 0.748. The van der Waals surface area contributed by atoms with Crippen molar-refractivity contribution in [2.45, 2.75) is 38.7 Å². The monoisotopic (exact) mass is 418 g/mol. The number of halogens is 1. The summed E-state index contributed by atoms with van der Waals surface area (Å²) < 4.78 is 0. The third kappa shape index (κ3) is 7.45. The molecule has 2 amide bonds. The molecule has 0 radical (unpaired) electrons. The number of amides is 2. The predicted molar refractivity (Wildman–Crippen MR) is 110 cm³/mol. The van der Waals surface area contributed by atoms with Crippen LogP contribution in [0.25, 0.3) is 0 Å². The van der Waals surface area contributed by atoms with E-state index < -0.39 is 30.9 Å². The lowest BCUT2D eigenvalue weighted by Crippen LogP contribution is -2.48. The zero-order valence-corrected chi connectivity index (χ0v) is 17.0. The van der Waals surface area contributed by atoms with Crippen LogP contribution < -0.4 is 10.6 Å². The third-order valence-corrected chi connectivity index (χ3v) is 4.41. The molecule has 1 aromatic heterocycles. The molecule has 0 saturated carbocycles. The zero-order valence-electron chi connectivity index (χ0n) is 16.2. The number of nitrogens with zero attached hydrogens (tertiary/aromatic N) is 2. The van der Waals surface area contributed by atoms with Crippen molar-refractivity contribution in [2.24, 2.45) is 5.92 Å². The van der Waals surface area contributed by atoms with Gasteiger partial charge in [0.15, 0.2) is 0 Å². The molecular formula is C19H24BClN4O4. The molecule has 10 heteroatoms. The molecule has 1 aromatic carbocycles. The van der Waals surface area contributed by atoms with E-state index in [0.717, 1.165) is 0 Å². The molecule has 154 valence electrons. The molecule has 0 fully saturated rings. The quantitative estimate of drug-likeness (QED) is 0.458. The lowest BCUT2D eigenvalue weighted by atomic mass is 9.75. The van der Waals surface area contributed by atoms with E-state index >= 15 is 0 Å². The Bertz CT molecular complexity index is 823. The van der Waals surface area contributed by atoms with Crippen LogP contribution in [0.4, 0.5) is 0 Å². The largest absolute Gasteiger partial charge is 0.475 e. The van der Waals surface area contributed by atoms with Crippen LogP contribution in [0.3, 0.4) is 0 Å². The van der Waals surface area contributed by atoms with Gasteiger partial charge in [0.2, 0.25) is 5.91 Å². The van der Waals surface area contributed by atoms with Crippen LogP contribution in [0.2, 0.25) is 5.02 Å². The Morgan fingerprint density at radius 3 is 2.55 bits per heavy atom. The van der Waals surface area contributed by atoms with Gasteiger partial charge in [0.1, 0.15) is 5.69 Å². The van der Waals surface area contributed by atoms with Crippen molar-refractivity contribution in [3.05, 3.63) is 59.1 Å². The third-order valence-electron chi connectivity index (χ3n) is 4.17. The molecule has 29 heavy (non-hydrogen) atoms. The molecule has 2 atom stereocenters. The molecule has 0 aliphatic rings. The van der Waals surface area contributed by atoms with Gasteiger partial charge in [-0.05, 0) is 30.0 Å². The number of aromatic nitrogens is 2. The van der Waals surface area contributed by atoms with Gasteiger partial charge in [0.25, 0.3) is 5.91 Å². The minimum Gasteiger partial charge on any atom is -0.426 e. The highest BCUT2D eigenvalue weighted by atomic mass is 35.5. The van der Waals surface area contributed by atoms with Gasteiger partial charge in [-0.2, -0.15) is 0 Å². The molecule has 0 spiro atoms. The second-order valence-corrected chi connectivity index (χ2v) is 7.53. The SMILES string of the molecule is CC(C)CC(NC(=O)CC(NC(=O)c1cnccn1)c1cccc(Cl)c1)B(O)O. The van der Waals surface area contributed by atoms with Crippen LogP contribution in [0.5, 0.6) is 0 Å². The Morgan fingerprint density at radius 2 is 1.97 bits per heavy atom. The number of rotatable bonds is 9. The lowest BCUT2D eigenvalue weighted by Gasteiger charge is -2.23. The van der Waals surface area contributed by atoms with E-state index in [1.807, 2.05) is 13.8 Å². The van der Waals surface area contributed by atoms with Crippen LogP contribution in [-0.4, -0.2) is 44.9 Å². The van der Waals surface area contributed by atoms with Crippen LogP contribution in [0, 0.1) is 5.92 Å². The number of hydrogen-bond donors (Lipinski definition) is 4. The van der Waals surface area contributed by atoms with Gasteiger partial charge >= 0.3 is 7.12 Å². The van der Waals surface area contributed by atoms with E-state index in [4.69, 9.17) is 11.6 Å². The second kappa shape index (κ2) is 10.9. The van der Waals surface area contributed by atoms with Crippen molar-refractivity contribution in [3.8, 4) is 0 Å². The molecule has 2 unspecified atom stereocenters. The highest BCUT2D eigenvalue weighted by molar-refractivity contribution is 6.43. The minimum atomic E-state index is -1.68. The minimum absolute atomic E-state index is 0.114. The number of benzene rings is 1. The Balaban J connectivity index is 2.16. The molecule has 2 rings (SSSR count). The maximum atomic E-state index is 12.6. The normalized spacial score (nSPS) is 12.9. The van der Waals surface area contributed by atoms with Crippen molar-refractivity contribution < 1.29 is 19.6 Å². The Hall–Kier alpha value is -2.49. The predicted octanol–water partition coefficient (Wildman–Crippen LogP) is 1.53. The number of carbonyl (C=O) groups is 2. The molecule has 0 aliphatic carbocycles. The summed E-state index contributed by atoms with van der Waals surface area (Å²) >= 11 is 6.06. The maximum absolute atomic E-state index is 12.6. The molecule has 1 heterocycles. The Labute approximate surface area is 174 Å². The van der Waals surface area contributed by atoms with Gasteiger partial charge in [-0.3, -0.25) is 14.6 Å². The van der Waals surface area contributed by atoms with Crippen molar-refractivity contribution in [3.63, 3.8) is 0 Å². The van der Waals surface area contributed by atoms with E-state index in [1.54, 1.807) is 24.3 Å². The number of carbonyl (C=O) groups excluding carboxylic acids is 2.